The Morgan fingerprint density at radius 3 is 2.94 bits per heavy atom. The maximum atomic E-state index is 11.6. The van der Waals surface area contributed by atoms with E-state index in [2.05, 4.69) is 15.6 Å². The van der Waals surface area contributed by atoms with Crippen LogP contribution in [0.3, 0.4) is 0 Å². The van der Waals surface area contributed by atoms with Gasteiger partial charge >= 0.3 is 0 Å². The van der Waals surface area contributed by atoms with Crippen molar-refractivity contribution in [2.45, 2.75) is 26.3 Å². The van der Waals surface area contributed by atoms with Gasteiger partial charge in [-0.3, -0.25) is 4.79 Å². The van der Waals surface area contributed by atoms with Crippen molar-refractivity contribution in [2.75, 3.05) is 13.1 Å². The first kappa shape index (κ1) is 17.6. The number of nitrogens with zero attached hydrogens (tertiary/aromatic N) is 1. The van der Waals surface area contributed by atoms with E-state index in [0.717, 1.165) is 30.2 Å². The van der Waals surface area contributed by atoms with Gasteiger partial charge in [-0.25, -0.2) is 4.98 Å². The smallest absolute Gasteiger partial charge is 0.220 e. The fourth-order valence-electron chi connectivity index (χ4n) is 1.88. The van der Waals surface area contributed by atoms with Crippen molar-refractivity contribution in [3.8, 4) is 0 Å². The summed E-state index contributed by atoms with van der Waals surface area (Å²) in [5, 5.41) is 9.17. The topological polar surface area (TPSA) is 54.0 Å². The molecule has 1 aromatic heterocycles. The quantitative estimate of drug-likeness (QED) is 0.893. The maximum Gasteiger partial charge on any atom is 0.220 e. The zero-order valence-corrected chi connectivity index (χ0v) is 12.7. The Balaban J connectivity index is 0.00000144. The van der Waals surface area contributed by atoms with E-state index in [1.54, 1.807) is 11.3 Å². The summed E-state index contributed by atoms with van der Waals surface area (Å²) in [4.78, 5) is 15.9. The van der Waals surface area contributed by atoms with E-state index in [0.29, 0.717) is 18.9 Å². The van der Waals surface area contributed by atoms with Gasteiger partial charge in [-0.05, 0) is 32.4 Å². The van der Waals surface area contributed by atoms with Gasteiger partial charge in [0.15, 0.2) is 0 Å². The Kier molecular flexibility index (Phi) is 8.52. The van der Waals surface area contributed by atoms with Gasteiger partial charge in [-0.15, -0.1) is 36.2 Å². The summed E-state index contributed by atoms with van der Waals surface area (Å²) in [6.45, 7) is 4.55. The molecule has 1 atom stereocenters. The lowest BCUT2D eigenvalue weighted by atomic mass is 10.0. The molecule has 1 unspecified atom stereocenters. The lowest BCUT2D eigenvalue weighted by Gasteiger charge is -2.07. The van der Waals surface area contributed by atoms with E-state index in [-0.39, 0.29) is 30.7 Å². The van der Waals surface area contributed by atoms with Gasteiger partial charge in [-0.2, -0.15) is 0 Å². The summed E-state index contributed by atoms with van der Waals surface area (Å²) in [6.07, 6.45) is 1.75. The molecule has 2 N–H and O–H groups in total. The summed E-state index contributed by atoms with van der Waals surface area (Å²) in [7, 11) is 0. The first-order chi connectivity index (χ1) is 7.74. The molecule has 0 radical (unpaired) electrons. The third kappa shape index (κ3) is 5.52. The van der Waals surface area contributed by atoms with Crippen LogP contribution in [0, 0.1) is 12.8 Å². The van der Waals surface area contributed by atoms with E-state index < -0.39 is 0 Å². The van der Waals surface area contributed by atoms with Crippen LogP contribution in [-0.2, 0) is 11.3 Å². The Morgan fingerprint density at radius 2 is 2.39 bits per heavy atom. The molecular weight excluding hydrogens is 293 g/mol. The van der Waals surface area contributed by atoms with Crippen LogP contribution >= 0.6 is 36.2 Å². The maximum absolute atomic E-state index is 11.6. The minimum absolute atomic E-state index is 0. The highest BCUT2D eigenvalue weighted by atomic mass is 35.5. The molecule has 1 aliphatic rings. The van der Waals surface area contributed by atoms with Crippen molar-refractivity contribution in [3.63, 3.8) is 0 Å². The van der Waals surface area contributed by atoms with Gasteiger partial charge in [0, 0.05) is 17.5 Å². The number of hydrogen-bond acceptors (Lipinski definition) is 4. The van der Waals surface area contributed by atoms with Crippen LogP contribution in [0.15, 0.2) is 5.38 Å². The van der Waals surface area contributed by atoms with Crippen LogP contribution in [0.5, 0.6) is 0 Å². The molecule has 2 heterocycles. The molecule has 0 aliphatic carbocycles. The average Bonchev–Trinajstić information content (AvgIpc) is 2.87. The number of nitrogens with one attached hydrogen (secondary N) is 2. The molecule has 1 amide bonds. The number of carbonyl (C=O) groups is 1. The molecule has 1 aliphatic heterocycles. The highest BCUT2D eigenvalue weighted by molar-refractivity contribution is 7.09. The van der Waals surface area contributed by atoms with Gasteiger partial charge in [-0.1, -0.05) is 0 Å². The number of halogens is 2. The van der Waals surface area contributed by atoms with Gasteiger partial charge in [0.05, 0.1) is 6.54 Å². The van der Waals surface area contributed by atoms with Crippen molar-refractivity contribution in [2.24, 2.45) is 5.92 Å². The van der Waals surface area contributed by atoms with Gasteiger partial charge in [0.1, 0.15) is 5.01 Å². The van der Waals surface area contributed by atoms with E-state index in [1.807, 2.05) is 12.3 Å². The number of carbonyl (C=O) groups excluding carboxylic acids is 1. The molecule has 2 rings (SSSR count). The summed E-state index contributed by atoms with van der Waals surface area (Å²) < 4.78 is 0. The lowest BCUT2D eigenvalue weighted by molar-refractivity contribution is -0.122. The van der Waals surface area contributed by atoms with Crippen molar-refractivity contribution < 1.29 is 4.79 Å². The molecule has 0 aromatic carbocycles. The van der Waals surface area contributed by atoms with Crippen LogP contribution < -0.4 is 10.6 Å². The predicted molar refractivity (Wildman–Crippen MR) is 78.8 cm³/mol. The second-order valence-electron chi connectivity index (χ2n) is 4.22. The first-order valence-corrected chi connectivity index (χ1v) is 6.50. The SMILES string of the molecule is Cc1csc(CNC(=O)CC2CCNC2)n1.Cl.Cl. The minimum Gasteiger partial charge on any atom is -0.350 e. The number of rotatable bonds is 4. The van der Waals surface area contributed by atoms with Crippen LogP contribution in [0.2, 0.25) is 0 Å². The normalized spacial score (nSPS) is 17.7. The Bertz CT molecular complexity index is 367. The van der Waals surface area contributed by atoms with Crippen LogP contribution in [-0.4, -0.2) is 24.0 Å². The number of thiazole rings is 1. The molecule has 1 saturated heterocycles. The number of amides is 1. The second kappa shape index (κ2) is 8.69. The fourth-order valence-corrected chi connectivity index (χ4v) is 2.59. The van der Waals surface area contributed by atoms with E-state index in [1.165, 1.54) is 0 Å². The summed E-state index contributed by atoms with van der Waals surface area (Å²) in [5.41, 5.74) is 1.02. The number of aromatic nitrogens is 1. The van der Waals surface area contributed by atoms with Crippen molar-refractivity contribution in [1.29, 1.82) is 0 Å². The Labute approximate surface area is 124 Å². The van der Waals surface area contributed by atoms with Crippen molar-refractivity contribution in [3.05, 3.63) is 16.1 Å². The summed E-state index contributed by atoms with van der Waals surface area (Å²) >= 11 is 1.60. The molecule has 0 saturated carbocycles. The zero-order chi connectivity index (χ0) is 11.4. The predicted octanol–water partition coefficient (Wildman–Crippen LogP) is 1.91. The van der Waals surface area contributed by atoms with Gasteiger partial charge in [0.2, 0.25) is 5.91 Å². The molecule has 7 heteroatoms. The third-order valence-corrected chi connectivity index (χ3v) is 3.71. The molecule has 18 heavy (non-hydrogen) atoms. The molecule has 0 spiro atoms. The van der Waals surface area contributed by atoms with Gasteiger partial charge in [0.25, 0.3) is 0 Å². The molecule has 104 valence electrons. The van der Waals surface area contributed by atoms with Crippen molar-refractivity contribution in [1.82, 2.24) is 15.6 Å². The lowest BCUT2D eigenvalue weighted by Crippen LogP contribution is -2.25. The van der Waals surface area contributed by atoms with E-state index >= 15 is 0 Å². The number of hydrogen-bond donors (Lipinski definition) is 2. The molecular formula is C11H19Cl2N3OS. The standard InChI is InChI=1S/C11H17N3OS.2ClH/c1-8-7-16-11(14-8)6-13-10(15)4-9-2-3-12-5-9;;/h7,9,12H,2-6H2,1H3,(H,13,15);2*1H. The fraction of sp³-hybridized carbons (Fsp3) is 0.636. The zero-order valence-electron chi connectivity index (χ0n) is 10.3. The highest BCUT2D eigenvalue weighted by Crippen LogP contribution is 2.12. The van der Waals surface area contributed by atoms with Crippen LogP contribution in [0.1, 0.15) is 23.5 Å². The number of aryl methyl sites for hydroxylation is 1. The van der Waals surface area contributed by atoms with Crippen LogP contribution in [0.4, 0.5) is 0 Å². The van der Waals surface area contributed by atoms with E-state index in [4.69, 9.17) is 0 Å². The Morgan fingerprint density at radius 1 is 1.61 bits per heavy atom. The average molecular weight is 312 g/mol. The van der Waals surface area contributed by atoms with Crippen LogP contribution in [0.25, 0.3) is 0 Å². The molecule has 4 nitrogen and oxygen atoms in total. The van der Waals surface area contributed by atoms with Gasteiger partial charge < -0.3 is 10.6 Å². The first-order valence-electron chi connectivity index (χ1n) is 5.62. The highest BCUT2D eigenvalue weighted by Gasteiger charge is 2.17. The van der Waals surface area contributed by atoms with Crippen molar-refractivity contribution >= 4 is 42.1 Å². The minimum atomic E-state index is 0. The molecule has 1 fully saturated rings. The molecule has 0 bridgehead atoms. The second-order valence-corrected chi connectivity index (χ2v) is 5.16. The summed E-state index contributed by atoms with van der Waals surface area (Å²) in [6, 6.07) is 0. The third-order valence-electron chi connectivity index (χ3n) is 2.74. The van der Waals surface area contributed by atoms with E-state index in [9.17, 15) is 4.79 Å². The summed E-state index contributed by atoms with van der Waals surface area (Å²) in [5.74, 6) is 0.652. The largest absolute Gasteiger partial charge is 0.350 e. The Hall–Kier alpha value is -0.360. The molecule has 1 aromatic rings. The monoisotopic (exact) mass is 311 g/mol.